The van der Waals surface area contributed by atoms with E-state index in [1.807, 2.05) is 38.1 Å². The third-order valence-electron chi connectivity index (χ3n) is 4.07. The molecule has 0 aliphatic heterocycles. The SMILES string of the molecule is Cc1[nH]c(=O)n(CCC(=O)n2ccc3c(N)cccc32)c1C. The number of imidazole rings is 1. The van der Waals surface area contributed by atoms with Gasteiger partial charge in [-0.15, -0.1) is 0 Å². The number of carbonyl (C=O) groups is 1. The molecule has 0 amide bonds. The predicted octanol–water partition coefficient (Wildman–Crippen LogP) is 2.06. The zero-order chi connectivity index (χ0) is 15.9. The summed E-state index contributed by atoms with van der Waals surface area (Å²) in [4.78, 5) is 27.0. The molecule has 3 rings (SSSR count). The molecular formula is C16H18N4O2. The number of anilines is 1. The first-order chi connectivity index (χ1) is 10.5. The first-order valence-corrected chi connectivity index (χ1v) is 7.14. The Balaban J connectivity index is 1.85. The number of carbonyl (C=O) groups excluding carboxylic acids is 1. The molecule has 3 N–H and O–H groups in total. The highest BCUT2D eigenvalue weighted by molar-refractivity contribution is 5.97. The van der Waals surface area contributed by atoms with Crippen LogP contribution in [0.4, 0.5) is 5.69 Å². The van der Waals surface area contributed by atoms with Gasteiger partial charge in [0.15, 0.2) is 0 Å². The predicted molar refractivity (Wildman–Crippen MR) is 86.1 cm³/mol. The number of benzene rings is 1. The van der Waals surface area contributed by atoms with Crippen molar-refractivity contribution >= 4 is 22.5 Å². The van der Waals surface area contributed by atoms with Gasteiger partial charge in [0.2, 0.25) is 5.91 Å². The fourth-order valence-corrected chi connectivity index (χ4v) is 2.68. The number of nitrogens with zero attached hydrogens (tertiary/aromatic N) is 2. The van der Waals surface area contributed by atoms with Crippen LogP contribution in [0.3, 0.4) is 0 Å². The molecule has 6 nitrogen and oxygen atoms in total. The van der Waals surface area contributed by atoms with Crippen LogP contribution in [0.5, 0.6) is 0 Å². The van der Waals surface area contributed by atoms with E-state index in [1.54, 1.807) is 15.3 Å². The lowest BCUT2D eigenvalue weighted by Crippen LogP contribution is -2.21. The van der Waals surface area contributed by atoms with E-state index >= 15 is 0 Å². The molecule has 114 valence electrons. The van der Waals surface area contributed by atoms with E-state index in [-0.39, 0.29) is 18.0 Å². The molecule has 3 aromatic rings. The Kier molecular flexibility index (Phi) is 3.36. The van der Waals surface area contributed by atoms with E-state index in [2.05, 4.69) is 4.98 Å². The third-order valence-corrected chi connectivity index (χ3v) is 4.07. The maximum atomic E-state index is 12.4. The number of aryl methyl sites for hydroxylation is 1. The Morgan fingerprint density at radius 3 is 2.73 bits per heavy atom. The van der Waals surface area contributed by atoms with Crippen LogP contribution in [0, 0.1) is 13.8 Å². The summed E-state index contributed by atoms with van der Waals surface area (Å²) in [6.07, 6.45) is 1.97. The normalized spacial score (nSPS) is 11.2. The summed E-state index contributed by atoms with van der Waals surface area (Å²) in [5, 5.41) is 0.863. The van der Waals surface area contributed by atoms with Crippen LogP contribution in [0.25, 0.3) is 10.9 Å². The Morgan fingerprint density at radius 2 is 2.05 bits per heavy atom. The molecule has 0 radical (unpaired) electrons. The molecule has 0 spiro atoms. The van der Waals surface area contributed by atoms with Crippen molar-refractivity contribution in [2.45, 2.75) is 26.8 Å². The highest BCUT2D eigenvalue weighted by Crippen LogP contribution is 2.22. The van der Waals surface area contributed by atoms with Crippen LogP contribution < -0.4 is 11.4 Å². The van der Waals surface area contributed by atoms with Gasteiger partial charge in [-0.05, 0) is 32.0 Å². The number of rotatable bonds is 3. The molecule has 0 atom stereocenters. The molecule has 22 heavy (non-hydrogen) atoms. The maximum Gasteiger partial charge on any atom is 0.325 e. The number of hydrogen-bond donors (Lipinski definition) is 2. The molecule has 0 unspecified atom stereocenters. The van der Waals surface area contributed by atoms with Crippen molar-refractivity contribution < 1.29 is 4.79 Å². The minimum atomic E-state index is -0.176. The Hall–Kier alpha value is -2.76. The number of aromatic amines is 1. The number of nitrogen functional groups attached to an aromatic ring is 1. The number of H-pyrrole nitrogens is 1. The highest BCUT2D eigenvalue weighted by Gasteiger charge is 2.12. The van der Waals surface area contributed by atoms with Crippen LogP contribution in [0.15, 0.2) is 35.3 Å². The van der Waals surface area contributed by atoms with Crippen molar-refractivity contribution in [2.75, 3.05) is 5.73 Å². The molecule has 1 aromatic carbocycles. The molecule has 6 heteroatoms. The molecule has 0 saturated carbocycles. The second-order valence-corrected chi connectivity index (χ2v) is 5.40. The van der Waals surface area contributed by atoms with Gasteiger partial charge in [0.05, 0.1) is 5.52 Å². The van der Waals surface area contributed by atoms with Crippen LogP contribution in [0.2, 0.25) is 0 Å². The number of aromatic nitrogens is 3. The molecular weight excluding hydrogens is 280 g/mol. The first kappa shape index (κ1) is 14.2. The molecule has 0 fully saturated rings. The van der Waals surface area contributed by atoms with Crippen molar-refractivity contribution in [3.8, 4) is 0 Å². The van der Waals surface area contributed by atoms with Crippen molar-refractivity contribution in [1.29, 1.82) is 0 Å². The summed E-state index contributed by atoms with van der Waals surface area (Å²) in [6, 6.07) is 7.33. The van der Waals surface area contributed by atoms with Gasteiger partial charge in [-0.1, -0.05) is 6.07 Å². The summed E-state index contributed by atoms with van der Waals surface area (Å²) in [7, 11) is 0. The van der Waals surface area contributed by atoms with Crippen LogP contribution in [-0.2, 0) is 6.54 Å². The third kappa shape index (κ3) is 2.22. The summed E-state index contributed by atoms with van der Waals surface area (Å²) in [5.74, 6) is -0.0641. The van der Waals surface area contributed by atoms with Gasteiger partial charge in [0.1, 0.15) is 0 Å². The van der Waals surface area contributed by atoms with Gasteiger partial charge in [0, 0.05) is 41.6 Å². The molecule has 2 aromatic heterocycles. The molecule has 0 saturated heterocycles. The smallest absolute Gasteiger partial charge is 0.325 e. The lowest BCUT2D eigenvalue weighted by atomic mass is 10.2. The van der Waals surface area contributed by atoms with Gasteiger partial charge in [0.25, 0.3) is 0 Å². The fourth-order valence-electron chi connectivity index (χ4n) is 2.68. The first-order valence-electron chi connectivity index (χ1n) is 7.14. The van der Waals surface area contributed by atoms with Gasteiger partial charge < -0.3 is 10.7 Å². The summed E-state index contributed by atoms with van der Waals surface area (Å²) in [6.45, 7) is 4.07. The topological polar surface area (TPSA) is 85.8 Å². The second-order valence-electron chi connectivity index (χ2n) is 5.40. The molecule has 0 aliphatic rings. The van der Waals surface area contributed by atoms with Crippen molar-refractivity contribution in [3.63, 3.8) is 0 Å². The second kappa shape index (κ2) is 5.22. The van der Waals surface area contributed by atoms with Crippen molar-refractivity contribution in [3.05, 3.63) is 52.3 Å². The number of fused-ring (bicyclic) bond motifs is 1. The van der Waals surface area contributed by atoms with E-state index in [0.717, 1.165) is 22.3 Å². The van der Waals surface area contributed by atoms with E-state index in [4.69, 9.17) is 5.73 Å². The Morgan fingerprint density at radius 1 is 1.27 bits per heavy atom. The van der Waals surface area contributed by atoms with Gasteiger partial charge in [-0.3, -0.25) is 13.9 Å². The number of hydrogen-bond acceptors (Lipinski definition) is 3. The van der Waals surface area contributed by atoms with E-state index < -0.39 is 0 Å². The van der Waals surface area contributed by atoms with E-state index in [0.29, 0.717) is 12.2 Å². The van der Waals surface area contributed by atoms with Crippen LogP contribution in [0.1, 0.15) is 22.6 Å². The minimum Gasteiger partial charge on any atom is -0.398 e. The quantitative estimate of drug-likeness (QED) is 0.726. The zero-order valence-electron chi connectivity index (χ0n) is 12.6. The maximum absolute atomic E-state index is 12.4. The highest BCUT2D eigenvalue weighted by atomic mass is 16.2. The molecule has 0 bridgehead atoms. The van der Waals surface area contributed by atoms with Crippen LogP contribution in [-0.4, -0.2) is 20.0 Å². The summed E-state index contributed by atoms with van der Waals surface area (Å²) >= 11 is 0. The monoisotopic (exact) mass is 298 g/mol. The zero-order valence-corrected chi connectivity index (χ0v) is 12.6. The summed E-state index contributed by atoms with van der Waals surface area (Å²) < 4.78 is 3.18. The van der Waals surface area contributed by atoms with E-state index in [1.165, 1.54) is 0 Å². The van der Waals surface area contributed by atoms with E-state index in [9.17, 15) is 9.59 Å². The van der Waals surface area contributed by atoms with Crippen molar-refractivity contribution in [1.82, 2.24) is 14.1 Å². The van der Waals surface area contributed by atoms with Gasteiger partial charge >= 0.3 is 5.69 Å². The largest absolute Gasteiger partial charge is 0.398 e. The summed E-state index contributed by atoms with van der Waals surface area (Å²) in [5.41, 5.74) is 8.86. The number of nitrogens with two attached hydrogens (primary N) is 1. The van der Waals surface area contributed by atoms with Crippen LogP contribution >= 0.6 is 0 Å². The number of nitrogens with one attached hydrogen (secondary N) is 1. The van der Waals surface area contributed by atoms with Crippen molar-refractivity contribution in [2.24, 2.45) is 0 Å². The van der Waals surface area contributed by atoms with Gasteiger partial charge in [-0.25, -0.2) is 4.79 Å². The lowest BCUT2D eigenvalue weighted by Gasteiger charge is -2.06. The average Bonchev–Trinajstić information content (AvgIpc) is 3.01. The minimum absolute atomic E-state index is 0.0641. The average molecular weight is 298 g/mol. The van der Waals surface area contributed by atoms with Gasteiger partial charge in [-0.2, -0.15) is 0 Å². The standard InChI is InChI=1S/C16H18N4O2/c1-10-11(2)19(16(22)18-10)9-7-15(21)20-8-6-12-13(17)4-3-5-14(12)20/h3-6,8H,7,9,17H2,1-2H3,(H,18,22). The molecule has 2 heterocycles. The molecule has 0 aliphatic carbocycles. The Bertz CT molecular complexity index is 914. The Labute approximate surface area is 127 Å². The fraction of sp³-hybridized carbons (Fsp3) is 0.250. The lowest BCUT2D eigenvalue weighted by molar-refractivity contribution is 0.0901.